The van der Waals surface area contributed by atoms with Crippen molar-refractivity contribution < 1.29 is 58.1 Å². The van der Waals surface area contributed by atoms with Crippen LogP contribution in [0.1, 0.15) is 68.8 Å². The number of hydrogen-bond donors (Lipinski definition) is 4. The molecule has 0 unspecified atom stereocenters. The maximum Gasteiger partial charge on any atom is 0.252 e. The third kappa shape index (κ3) is 4.47. The van der Waals surface area contributed by atoms with Crippen molar-refractivity contribution in [3.8, 4) is 17.2 Å². The molecule has 0 bridgehead atoms. The van der Waals surface area contributed by atoms with Gasteiger partial charge in [0, 0.05) is 62.7 Å². The van der Waals surface area contributed by atoms with Crippen molar-refractivity contribution >= 4 is 17.5 Å². The van der Waals surface area contributed by atoms with Crippen molar-refractivity contribution in [2.24, 2.45) is 0 Å². The molecule has 2 aliphatic carbocycles. The van der Waals surface area contributed by atoms with Gasteiger partial charge in [-0.25, -0.2) is 0 Å². The van der Waals surface area contributed by atoms with E-state index in [-0.39, 0.29) is 46.6 Å². The van der Waals surface area contributed by atoms with Gasteiger partial charge in [-0.05, 0) is 13.0 Å². The number of morpholine rings is 1. The molecule has 3 saturated heterocycles. The number of phenolic OH excluding ortho intramolecular Hbond substituents is 2. The number of ether oxygens (including phenoxy) is 6. The second-order valence-electron chi connectivity index (χ2n) is 12.3. The van der Waals surface area contributed by atoms with Crippen LogP contribution in [0.4, 0.5) is 0 Å². The van der Waals surface area contributed by atoms with E-state index in [0.29, 0.717) is 19.6 Å². The summed E-state index contributed by atoms with van der Waals surface area (Å²) < 4.78 is 35.5. The highest BCUT2D eigenvalue weighted by Gasteiger charge is 2.55. The fourth-order valence-electron chi connectivity index (χ4n) is 7.74. The normalized spacial score (nSPS) is 33.4. The lowest BCUT2D eigenvalue weighted by Crippen LogP contribution is -2.55. The van der Waals surface area contributed by atoms with Crippen LogP contribution in [0.5, 0.6) is 17.2 Å². The van der Waals surface area contributed by atoms with Crippen LogP contribution >= 0.6 is 0 Å². The van der Waals surface area contributed by atoms with Crippen LogP contribution < -0.4 is 10.1 Å². The number of phenols is 2. The highest BCUT2D eigenvalue weighted by molar-refractivity contribution is 6.31. The van der Waals surface area contributed by atoms with Gasteiger partial charge >= 0.3 is 0 Å². The molecule has 4 N–H and O–H groups in total. The van der Waals surface area contributed by atoms with Gasteiger partial charge in [0.15, 0.2) is 24.6 Å². The van der Waals surface area contributed by atoms with E-state index in [1.165, 1.54) is 32.4 Å². The van der Waals surface area contributed by atoms with Crippen LogP contribution in [0.15, 0.2) is 18.2 Å². The SMILES string of the molecule is CNC(=O)[C@]1(O)Cc2c(O)c3c(c(O)c2[C@@H](O[C@H]2C[C@H]4[C@H](O[C@@H]5[C@@H](OC)OCCN54)[C@H](C)O2)C1)C(=O)c1c(OC)cccc1C3=O. The molecule has 2 aromatic rings. The minimum atomic E-state index is -2.09. The standard InChI is InChI=1S/C32H36N2O12/c1-13-28-16(34-8-9-43-30(42-4)29(34)46-28)10-19(44-13)45-18-12-32(40,31(39)33-2)11-15-21(18)27(38)23-22(25(15)36)24(35)14-6-5-7-17(41-3)20(14)26(23)37/h5-7,13,16,18-19,28-30,36,38,40H,8-12H2,1-4H3,(H,33,39)/t13-,16-,18-,19-,28+,29+,30-,32-/m0/s1. The Hall–Kier alpha value is -3.63. The van der Waals surface area contributed by atoms with E-state index < -0.39 is 83.1 Å². The summed E-state index contributed by atoms with van der Waals surface area (Å²) in [4.78, 5) is 42.8. The molecule has 3 fully saturated rings. The van der Waals surface area contributed by atoms with Crippen LogP contribution in [0.2, 0.25) is 0 Å². The summed E-state index contributed by atoms with van der Waals surface area (Å²) in [6.07, 6.45) is -4.36. The first-order chi connectivity index (χ1) is 22.0. The minimum Gasteiger partial charge on any atom is -0.507 e. The van der Waals surface area contributed by atoms with E-state index in [0.717, 1.165) is 0 Å². The van der Waals surface area contributed by atoms with Crippen molar-refractivity contribution in [1.29, 1.82) is 0 Å². The van der Waals surface area contributed by atoms with E-state index in [4.69, 9.17) is 28.4 Å². The van der Waals surface area contributed by atoms with Crippen molar-refractivity contribution in [1.82, 2.24) is 10.2 Å². The second-order valence-corrected chi connectivity index (χ2v) is 12.3. The van der Waals surface area contributed by atoms with Gasteiger partial charge < -0.3 is 49.1 Å². The van der Waals surface area contributed by atoms with Crippen molar-refractivity contribution in [3.63, 3.8) is 0 Å². The van der Waals surface area contributed by atoms with E-state index in [1.807, 2.05) is 6.92 Å². The maximum absolute atomic E-state index is 13.9. The topological polar surface area (TPSA) is 183 Å². The summed E-state index contributed by atoms with van der Waals surface area (Å²) in [6.45, 7) is 2.88. The number of aliphatic hydroxyl groups is 1. The number of benzene rings is 2. The molecule has 0 saturated carbocycles. The number of aromatic hydroxyl groups is 2. The molecule has 14 nitrogen and oxygen atoms in total. The van der Waals surface area contributed by atoms with Crippen LogP contribution in [0.3, 0.4) is 0 Å². The van der Waals surface area contributed by atoms with Crippen LogP contribution in [-0.4, -0.2) is 115 Å². The Labute approximate surface area is 264 Å². The predicted molar refractivity (Wildman–Crippen MR) is 156 cm³/mol. The van der Waals surface area contributed by atoms with Gasteiger partial charge in [0.1, 0.15) is 29.0 Å². The van der Waals surface area contributed by atoms with Gasteiger partial charge in [0.25, 0.3) is 5.91 Å². The molecule has 0 radical (unpaired) electrons. The molecule has 3 aliphatic heterocycles. The van der Waals surface area contributed by atoms with Crippen LogP contribution in [-0.2, 0) is 34.9 Å². The molecule has 8 atom stereocenters. The molecule has 1 amide bonds. The third-order valence-corrected chi connectivity index (χ3v) is 9.83. The number of methoxy groups -OCH3 is 2. The second kappa shape index (κ2) is 11.3. The number of carbonyl (C=O) groups excluding carboxylic acids is 3. The number of likely N-dealkylation sites (N-methyl/N-ethyl adjacent to an activating group) is 1. The number of amides is 1. The predicted octanol–water partition coefficient (Wildman–Crippen LogP) is 0.896. The Morgan fingerprint density at radius 2 is 1.85 bits per heavy atom. The molecule has 0 aromatic heterocycles. The first-order valence-electron chi connectivity index (χ1n) is 15.2. The zero-order valence-electron chi connectivity index (χ0n) is 25.8. The first-order valence-corrected chi connectivity index (χ1v) is 15.2. The molecular weight excluding hydrogens is 604 g/mol. The summed E-state index contributed by atoms with van der Waals surface area (Å²) in [7, 11) is 4.27. The molecule has 46 heavy (non-hydrogen) atoms. The number of rotatable bonds is 5. The average molecular weight is 641 g/mol. The highest BCUT2D eigenvalue weighted by atomic mass is 16.7. The van der Waals surface area contributed by atoms with E-state index in [2.05, 4.69) is 10.2 Å². The number of hydrogen-bond acceptors (Lipinski definition) is 13. The average Bonchev–Trinajstić information content (AvgIpc) is 3.43. The minimum absolute atomic E-state index is 0.00549. The third-order valence-electron chi connectivity index (χ3n) is 9.83. The quantitative estimate of drug-likeness (QED) is 0.289. The van der Waals surface area contributed by atoms with Gasteiger partial charge in [-0.3, -0.25) is 19.3 Å². The van der Waals surface area contributed by atoms with Crippen LogP contribution in [0, 0.1) is 0 Å². The summed E-state index contributed by atoms with van der Waals surface area (Å²) in [6, 6.07) is 4.35. The molecule has 0 spiro atoms. The smallest absolute Gasteiger partial charge is 0.252 e. The summed E-state index contributed by atoms with van der Waals surface area (Å²) in [5.41, 5.74) is -3.04. The summed E-state index contributed by atoms with van der Waals surface area (Å²) in [5, 5.41) is 37.4. The molecule has 5 aliphatic rings. The molecular formula is C32H36N2O12. The number of fused-ring (bicyclic) bond motifs is 6. The molecule has 14 heteroatoms. The lowest BCUT2D eigenvalue weighted by atomic mass is 9.72. The van der Waals surface area contributed by atoms with E-state index in [1.54, 1.807) is 7.11 Å². The van der Waals surface area contributed by atoms with Gasteiger partial charge in [-0.2, -0.15) is 0 Å². The summed E-state index contributed by atoms with van der Waals surface area (Å²) in [5.74, 6) is -3.24. The highest BCUT2D eigenvalue weighted by Crippen LogP contribution is 2.53. The number of nitrogens with zero attached hydrogens (tertiary/aromatic N) is 1. The largest absolute Gasteiger partial charge is 0.507 e. The van der Waals surface area contributed by atoms with Gasteiger partial charge in [0.05, 0.1) is 42.6 Å². The fourth-order valence-corrected chi connectivity index (χ4v) is 7.74. The zero-order valence-corrected chi connectivity index (χ0v) is 25.8. The lowest BCUT2D eigenvalue weighted by molar-refractivity contribution is -0.256. The Kier molecular flexibility index (Phi) is 7.59. The number of ketones is 2. The number of carbonyl (C=O) groups is 3. The van der Waals surface area contributed by atoms with Gasteiger partial charge in [-0.15, -0.1) is 0 Å². The van der Waals surface area contributed by atoms with Crippen molar-refractivity contribution in [2.75, 3.05) is 34.4 Å². The van der Waals surface area contributed by atoms with Crippen LogP contribution in [0.25, 0.3) is 0 Å². The maximum atomic E-state index is 13.9. The lowest BCUT2D eigenvalue weighted by Gasteiger charge is -2.43. The van der Waals surface area contributed by atoms with E-state index >= 15 is 0 Å². The molecule has 246 valence electrons. The Morgan fingerprint density at radius 1 is 1.09 bits per heavy atom. The fraction of sp³-hybridized carbons (Fsp3) is 0.531. The van der Waals surface area contributed by atoms with Crippen molar-refractivity contribution in [3.05, 3.63) is 51.6 Å². The zero-order chi connectivity index (χ0) is 32.7. The van der Waals surface area contributed by atoms with E-state index in [9.17, 15) is 29.7 Å². The first kappa shape index (κ1) is 31.0. The summed E-state index contributed by atoms with van der Waals surface area (Å²) >= 11 is 0. The van der Waals surface area contributed by atoms with Gasteiger partial charge in [0.2, 0.25) is 5.78 Å². The molecule has 7 rings (SSSR count). The molecule has 2 aromatic carbocycles. The number of nitrogens with one attached hydrogen (secondary N) is 1. The van der Waals surface area contributed by atoms with Gasteiger partial charge in [-0.1, -0.05) is 12.1 Å². The Bertz CT molecular complexity index is 1630. The molecule has 3 heterocycles. The Balaban J connectivity index is 1.30. The Morgan fingerprint density at radius 3 is 2.57 bits per heavy atom. The monoisotopic (exact) mass is 640 g/mol. The van der Waals surface area contributed by atoms with Crippen molar-refractivity contribution in [2.45, 2.75) is 74.9 Å².